The first-order valence-corrected chi connectivity index (χ1v) is 7.73. The molecule has 0 amide bonds. The third-order valence-corrected chi connectivity index (χ3v) is 5.11. The van der Waals surface area contributed by atoms with E-state index in [1.165, 1.54) is 0 Å². The summed E-state index contributed by atoms with van der Waals surface area (Å²) in [6, 6.07) is 6.79. The largest absolute Gasteiger partial charge is 0.504 e. The van der Waals surface area contributed by atoms with Crippen molar-refractivity contribution in [2.45, 2.75) is 45.4 Å². The van der Waals surface area contributed by atoms with E-state index in [0.29, 0.717) is 16.7 Å². The van der Waals surface area contributed by atoms with Crippen LogP contribution in [0.25, 0.3) is 0 Å². The molecule has 1 aromatic rings. The SMILES string of the molecule is CCC1(C2=C(O)C(=O)c3ccccc3C2=O)CCCCC1. The van der Waals surface area contributed by atoms with E-state index in [9.17, 15) is 14.7 Å². The van der Waals surface area contributed by atoms with Crippen LogP contribution in [0.3, 0.4) is 0 Å². The minimum atomic E-state index is -0.404. The van der Waals surface area contributed by atoms with Crippen LogP contribution in [0.4, 0.5) is 0 Å². The summed E-state index contributed by atoms with van der Waals surface area (Å²) in [7, 11) is 0. The molecule has 3 rings (SSSR count). The van der Waals surface area contributed by atoms with E-state index in [0.717, 1.165) is 38.5 Å². The highest BCUT2D eigenvalue weighted by molar-refractivity contribution is 6.26. The number of benzene rings is 1. The van der Waals surface area contributed by atoms with E-state index in [4.69, 9.17) is 0 Å². The highest BCUT2D eigenvalue weighted by atomic mass is 16.3. The van der Waals surface area contributed by atoms with E-state index < -0.39 is 5.78 Å². The lowest BCUT2D eigenvalue weighted by Gasteiger charge is -2.39. The molecule has 1 N–H and O–H groups in total. The van der Waals surface area contributed by atoms with Gasteiger partial charge in [-0.25, -0.2) is 0 Å². The zero-order chi connectivity index (χ0) is 15.0. The predicted octanol–water partition coefficient (Wildman–Crippen LogP) is 4.24. The molecule has 110 valence electrons. The monoisotopic (exact) mass is 284 g/mol. The summed E-state index contributed by atoms with van der Waals surface area (Å²) in [4.78, 5) is 25.3. The van der Waals surface area contributed by atoms with Gasteiger partial charge < -0.3 is 5.11 Å². The number of aliphatic hydroxyl groups is 1. The smallest absolute Gasteiger partial charge is 0.228 e. The Morgan fingerprint density at radius 2 is 1.57 bits per heavy atom. The number of allylic oxidation sites excluding steroid dienone is 2. The Bertz CT molecular complexity index is 634. The van der Waals surface area contributed by atoms with Crippen LogP contribution < -0.4 is 0 Å². The molecule has 3 heteroatoms. The number of hydrogen-bond acceptors (Lipinski definition) is 3. The number of Topliss-reactive ketones (excluding diaryl/α,β-unsaturated/α-hetero) is 2. The third-order valence-electron chi connectivity index (χ3n) is 5.11. The molecule has 1 saturated carbocycles. The summed E-state index contributed by atoms with van der Waals surface area (Å²) in [6.45, 7) is 2.05. The number of aliphatic hydroxyl groups excluding tert-OH is 1. The summed E-state index contributed by atoms with van der Waals surface area (Å²) in [5.74, 6) is -0.882. The van der Waals surface area contributed by atoms with Gasteiger partial charge in [0.15, 0.2) is 11.5 Å². The standard InChI is InChI=1S/C18H20O3/c1-2-18(10-6-3-7-11-18)14-15(19)12-8-4-5-9-13(12)16(20)17(14)21/h4-5,8-9,21H,2-3,6-7,10-11H2,1H3. The first-order chi connectivity index (χ1) is 10.1. The Hall–Kier alpha value is -1.90. The summed E-state index contributed by atoms with van der Waals surface area (Å²) in [5.41, 5.74) is 0.802. The van der Waals surface area contributed by atoms with Crippen LogP contribution in [0.1, 0.15) is 66.2 Å². The molecule has 0 heterocycles. The van der Waals surface area contributed by atoms with Crippen molar-refractivity contribution in [3.05, 3.63) is 46.7 Å². The van der Waals surface area contributed by atoms with Crippen molar-refractivity contribution < 1.29 is 14.7 Å². The topological polar surface area (TPSA) is 54.4 Å². The first kappa shape index (κ1) is 14.1. The molecule has 0 radical (unpaired) electrons. The highest BCUT2D eigenvalue weighted by Gasteiger charge is 2.44. The van der Waals surface area contributed by atoms with Gasteiger partial charge in [0.25, 0.3) is 0 Å². The van der Waals surface area contributed by atoms with Gasteiger partial charge in [0.1, 0.15) is 0 Å². The van der Waals surface area contributed by atoms with Crippen LogP contribution >= 0.6 is 0 Å². The molecule has 3 nitrogen and oxygen atoms in total. The van der Waals surface area contributed by atoms with Crippen molar-refractivity contribution in [3.63, 3.8) is 0 Å². The molecule has 0 aliphatic heterocycles. The molecule has 0 spiro atoms. The molecule has 1 fully saturated rings. The molecular formula is C18H20O3. The summed E-state index contributed by atoms with van der Waals surface area (Å²) >= 11 is 0. The van der Waals surface area contributed by atoms with E-state index in [1.807, 2.05) is 6.92 Å². The molecule has 0 bridgehead atoms. The Morgan fingerprint density at radius 1 is 1.00 bits per heavy atom. The van der Waals surface area contributed by atoms with Crippen molar-refractivity contribution in [1.29, 1.82) is 0 Å². The Balaban J connectivity index is 2.16. The van der Waals surface area contributed by atoms with Crippen LogP contribution in [0, 0.1) is 5.41 Å². The van der Waals surface area contributed by atoms with E-state index in [1.54, 1.807) is 24.3 Å². The maximum atomic E-state index is 12.9. The van der Waals surface area contributed by atoms with Crippen LogP contribution in [-0.4, -0.2) is 16.7 Å². The molecule has 0 aromatic heterocycles. The van der Waals surface area contributed by atoms with Crippen LogP contribution in [0.5, 0.6) is 0 Å². The fraction of sp³-hybridized carbons (Fsp3) is 0.444. The lowest BCUT2D eigenvalue weighted by atomic mass is 9.63. The molecule has 21 heavy (non-hydrogen) atoms. The zero-order valence-corrected chi connectivity index (χ0v) is 12.3. The summed E-state index contributed by atoms with van der Waals surface area (Å²) < 4.78 is 0. The second-order valence-electron chi connectivity index (χ2n) is 6.12. The number of fused-ring (bicyclic) bond motifs is 1. The zero-order valence-electron chi connectivity index (χ0n) is 12.3. The van der Waals surface area contributed by atoms with Gasteiger partial charge in [-0.05, 0) is 19.3 Å². The van der Waals surface area contributed by atoms with Gasteiger partial charge in [-0.15, -0.1) is 0 Å². The maximum absolute atomic E-state index is 12.9. The fourth-order valence-electron chi connectivity index (χ4n) is 3.86. The third kappa shape index (κ3) is 2.03. The van der Waals surface area contributed by atoms with Gasteiger partial charge in [-0.2, -0.15) is 0 Å². The molecular weight excluding hydrogens is 264 g/mol. The van der Waals surface area contributed by atoms with Gasteiger partial charge >= 0.3 is 0 Å². The molecule has 0 saturated heterocycles. The number of rotatable bonds is 2. The fourth-order valence-corrected chi connectivity index (χ4v) is 3.86. The quantitative estimate of drug-likeness (QED) is 0.883. The van der Waals surface area contributed by atoms with Gasteiger partial charge in [0, 0.05) is 16.5 Å². The van der Waals surface area contributed by atoms with Gasteiger partial charge in [0.05, 0.1) is 5.57 Å². The lowest BCUT2D eigenvalue weighted by molar-refractivity contribution is 0.0880. The average molecular weight is 284 g/mol. The van der Waals surface area contributed by atoms with Gasteiger partial charge in [0.2, 0.25) is 5.78 Å². The second-order valence-corrected chi connectivity index (χ2v) is 6.12. The molecule has 0 unspecified atom stereocenters. The Labute approximate surface area is 124 Å². The summed E-state index contributed by atoms with van der Waals surface area (Å²) in [6.07, 6.45) is 5.80. The van der Waals surface area contributed by atoms with Crippen LogP contribution in [0.15, 0.2) is 35.6 Å². The number of carbonyl (C=O) groups is 2. The van der Waals surface area contributed by atoms with Crippen LogP contribution in [0.2, 0.25) is 0 Å². The van der Waals surface area contributed by atoms with Crippen molar-refractivity contribution in [1.82, 2.24) is 0 Å². The van der Waals surface area contributed by atoms with Crippen molar-refractivity contribution in [2.75, 3.05) is 0 Å². The maximum Gasteiger partial charge on any atom is 0.228 e. The minimum absolute atomic E-state index is 0.161. The van der Waals surface area contributed by atoms with E-state index in [-0.39, 0.29) is 17.0 Å². The average Bonchev–Trinajstić information content (AvgIpc) is 2.54. The normalized spacial score (nSPS) is 21.4. The van der Waals surface area contributed by atoms with Gasteiger partial charge in [-0.1, -0.05) is 50.5 Å². The lowest BCUT2D eigenvalue weighted by Crippen LogP contribution is -2.35. The molecule has 0 atom stereocenters. The second kappa shape index (κ2) is 5.14. The summed E-state index contributed by atoms with van der Waals surface area (Å²) in [5, 5.41) is 10.4. The number of hydrogen-bond donors (Lipinski definition) is 1. The predicted molar refractivity (Wildman–Crippen MR) is 80.6 cm³/mol. The minimum Gasteiger partial charge on any atom is -0.504 e. The van der Waals surface area contributed by atoms with Crippen molar-refractivity contribution >= 4 is 11.6 Å². The van der Waals surface area contributed by atoms with E-state index >= 15 is 0 Å². The molecule has 2 aliphatic rings. The van der Waals surface area contributed by atoms with E-state index in [2.05, 4.69) is 0 Å². The first-order valence-electron chi connectivity index (χ1n) is 7.73. The Kier molecular flexibility index (Phi) is 3.44. The molecule has 2 aliphatic carbocycles. The highest BCUT2D eigenvalue weighted by Crippen LogP contribution is 2.48. The Morgan fingerprint density at radius 3 is 2.14 bits per heavy atom. The van der Waals surface area contributed by atoms with Crippen LogP contribution in [-0.2, 0) is 0 Å². The number of ketones is 2. The van der Waals surface area contributed by atoms with Crippen molar-refractivity contribution in [3.8, 4) is 0 Å². The van der Waals surface area contributed by atoms with Crippen molar-refractivity contribution in [2.24, 2.45) is 5.41 Å². The molecule has 1 aromatic carbocycles. The number of carbonyl (C=O) groups excluding carboxylic acids is 2. The van der Waals surface area contributed by atoms with Gasteiger partial charge in [-0.3, -0.25) is 9.59 Å².